The Labute approximate surface area is 124 Å². The molecule has 0 saturated carbocycles. The summed E-state index contributed by atoms with van der Waals surface area (Å²) < 4.78 is 43.8. The molecule has 0 heterocycles. The Kier molecular flexibility index (Phi) is 4.25. The summed E-state index contributed by atoms with van der Waals surface area (Å²) in [4.78, 5) is 12.1. The van der Waals surface area contributed by atoms with E-state index in [1.165, 1.54) is 37.4 Å². The maximum Gasteiger partial charge on any atom is 0.417 e. The minimum Gasteiger partial charge on any atom is -0.494 e. The van der Waals surface area contributed by atoms with Gasteiger partial charge in [0, 0.05) is 11.8 Å². The second-order valence-corrected chi connectivity index (χ2v) is 4.46. The van der Waals surface area contributed by atoms with E-state index in [4.69, 9.17) is 10.5 Å². The van der Waals surface area contributed by atoms with Gasteiger partial charge in [-0.25, -0.2) is 0 Å². The number of nitrogens with one attached hydrogen (secondary N) is 1. The normalized spacial score (nSPS) is 11.1. The second-order valence-electron chi connectivity index (χ2n) is 4.46. The number of alkyl halides is 3. The number of ether oxygens (including phenoxy) is 1. The highest BCUT2D eigenvalue weighted by molar-refractivity contribution is 6.06. The van der Waals surface area contributed by atoms with Gasteiger partial charge in [0.15, 0.2) is 0 Å². The average Bonchev–Trinajstić information content (AvgIpc) is 2.48. The first-order valence-corrected chi connectivity index (χ1v) is 6.24. The number of carbonyl (C=O) groups excluding carboxylic acids is 1. The molecule has 0 aliphatic heterocycles. The van der Waals surface area contributed by atoms with E-state index in [2.05, 4.69) is 5.32 Å². The molecule has 1 amide bonds. The Morgan fingerprint density at radius 1 is 1.18 bits per heavy atom. The predicted octanol–water partition coefficient (Wildman–Crippen LogP) is 3.55. The maximum absolute atomic E-state index is 12.9. The van der Waals surface area contributed by atoms with Crippen molar-refractivity contribution in [1.29, 1.82) is 0 Å². The number of carbonyl (C=O) groups is 1. The van der Waals surface area contributed by atoms with Crippen LogP contribution in [0.25, 0.3) is 0 Å². The molecule has 4 nitrogen and oxygen atoms in total. The highest BCUT2D eigenvalue weighted by atomic mass is 19.4. The number of rotatable bonds is 3. The van der Waals surface area contributed by atoms with Crippen LogP contribution in [0.4, 0.5) is 24.5 Å². The highest BCUT2D eigenvalue weighted by Crippen LogP contribution is 2.33. The van der Waals surface area contributed by atoms with Crippen LogP contribution in [0.2, 0.25) is 0 Å². The summed E-state index contributed by atoms with van der Waals surface area (Å²) in [7, 11) is 1.37. The van der Waals surface area contributed by atoms with Crippen LogP contribution < -0.4 is 15.8 Å². The number of nitrogens with two attached hydrogens (primary N) is 1. The number of hydrogen-bond acceptors (Lipinski definition) is 3. The number of anilines is 2. The number of amides is 1. The zero-order valence-corrected chi connectivity index (χ0v) is 11.6. The standard InChI is InChI=1S/C15H13F3N2O2/c1-22-13-8-9(19)6-7-12(13)20-14(21)10-4-2-3-5-11(10)15(16,17)18/h2-8H,19H2,1H3,(H,20,21). The lowest BCUT2D eigenvalue weighted by Gasteiger charge is -2.14. The molecule has 22 heavy (non-hydrogen) atoms. The summed E-state index contributed by atoms with van der Waals surface area (Å²) in [5.74, 6) is -0.617. The Morgan fingerprint density at radius 3 is 2.50 bits per heavy atom. The first-order valence-electron chi connectivity index (χ1n) is 6.24. The van der Waals surface area contributed by atoms with Gasteiger partial charge in [0.25, 0.3) is 5.91 Å². The van der Waals surface area contributed by atoms with Gasteiger partial charge in [0.2, 0.25) is 0 Å². The molecular formula is C15H13F3N2O2. The summed E-state index contributed by atoms with van der Waals surface area (Å²) in [6.45, 7) is 0. The van der Waals surface area contributed by atoms with Crippen LogP contribution in [0.5, 0.6) is 5.75 Å². The van der Waals surface area contributed by atoms with Gasteiger partial charge in [0.1, 0.15) is 5.75 Å². The van der Waals surface area contributed by atoms with Crippen molar-refractivity contribution in [3.8, 4) is 5.75 Å². The summed E-state index contributed by atoms with van der Waals surface area (Å²) in [6.07, 6.45) is -4.61. The van der Waals surface area contributed by atoms with E-state index in [-0.39, 0.29) is 11.4 Å². The lowest BCUT2D eigenvalue weighted by Crippen LogP contribution is -2.19. The number of benzene rings is 2. The molecule has 2 rings (SSSR count). The fourth-order valence-electron chi connectivity index (χ4n) is 1.93. The van der Waals surface area contributed by atoms with Gasteiger partial charge in [-0.2, -0.15) is 13.2 Å². The molecule has 0 saturated heterocycles. The van der Waals surface area contributed by atoms with Crippen LogP contribution in [0.1, 0.15) is 15.9 Å². The minimum absolute atomic E-state index is 0.235. The van der Waals surface area contributed by atoms with Crippen molar-refractivity contribution in [2.75, 3.05) is 18.2 Å². The fraction of sp³-hybridized carbons (Fsp3) is 0.133. The lowest BCUT2D eigenvalue weighted by molar-refractivity contribution is -0.137. The average molecular weight is 310 g/mol. The summed E-state index contributed by atoms with van der Waals surface area (Å²) >= 11 is 0. The van der Waals surface area contributed by atoms with E-state index in [1.54, 1.807) is 0 Å². The summed E-state index contributed by atoms with van der Waals surface area (Å²) in [6, 6.07) is 8.99. The molecule has 0 unspecified atom stereocenters. The lowest BCUT2D eigenvalue weighted by atomic mass is 10.1. The van der Waals surface area contributed by atoms with E-state index in [0.29, 0.717) is 5.69 Å². The van der Waals surface area contributed by atoms with Crippen LogP contribution in [-0.4, -0.2) is 13.0 Å². The third-order valence-electron chi connectivity index (χ3n) is 2.95. The van der Waals surface area contributed by atoms with Crippen molar-refractivity contribution in [2.45, 2.75) is 6.18 Å². The largest absolute Gasteiger partial charge is 0.494 e. The summed E-state index contributed by atoms with van der Waals surface area (Å²) in [5.41, 5.74) is 4.77. The third-order valence-corrected chi connectivity index (χ3v) is 2.95. The van der Waals surface area contributed by atoms with E-state index in [1.807, 2.05) is 0 Å². The zero-order valence-electron chi connectivity index (χ0n) is 11.6. The smallest absolute Gasteiger partial charge is 0.417 e. The van der Waals surface area contributed by atoms with Crippen LogP contribution in [0, 0.1) is 0 Å². The van der Waals surface area contributed by atoms with Crippen LogP contribution in [0.15, 0.2) is 42.5 Å². The topological polar surface area (TPSA) is 64.3 Å². The Bertz CT molecular complexity index is 699. The Balaban J connectivity index is 2.35. The molecule has 116 valence electrons. The molecule has 0 radical (unpaired) electrons. The molecule has 0 fully saturated rings. The number of halogens is 3. The van der Waals surface area contributed by atoms with Gasteiger partial charge in [-0.3, -0.25) is 4.79 Å². The van der Waals surface area contributed by atoms with Gasteiger partial charge in [-0.05, 0) is 24.3 Å². The van der Waals surface area contributed by atoms with Crippen molar-refractivity contribution in [3.05, 3.63) is 53.6 Å². The van der Waals surface area contributed by atoms with E-state index in [0.717, 1.165) is 12.1 Å². The van der Waals surface area contributed by atoms with Gasteiger partial charge >= 0.3 is 6.18 Å². The van der Waals surface area contributed by atoms with Crippen LogP contribution in [-0.2, 0) is 6.18 Å². The van der Waals surface area contributed by atoms with Gasteiger partial charge < -0.3 is 15.8 Å². The van der Waals surface area contributed by atoms with Crippen molar-refractivity contribution in [2.24, 2.45) is 0 Å². The Hall–Kier alpha value is -2.70. The molecule has 0 aliphatic rings. The minimum atomic E-state index is -4.61. The van der Waals surface area contributed by atoms with Crippen molar-refractivity contribution in [3.63, 3.8) is 0 Å². The van der Waals surface area contributed by atoms with Gasteiger partial charge in [-0.15, -0.1) is 0 Å². The van der Waals surface area contributed by atoms with E-state index in [9.17, 15) is 18.0 Å². The monoisotopic (exact) mass is 310 g/mol. The molecule has 0 bridgehead atoms. The number of nitrogen functional groups attached to an aromatic ring is 1. The molecule has 0 aromatic heterocycles. The predicted molar refractivity (Wildman–Crippen MR) is 76.8 cm³/mol. The molecule has 2 aromatic carbocycles. The van der Waals surface area contributed by atoms with E-state index >= 15 is 0 Å². The van der Waals surface area contributed by atoms with Crippen LogP contribution >= 0.6 is 0 Å². The second kappa shape index (κ2) is 5.97. The molecule has 2 aromatic rings. The molecule has 0 atom stereocenters. The van der Waals surface area contributed by atoms with Crippen LogP contribution in [0.3, 0.4) is 0 Å². The summed E-state index contributed by atoms with van der Waals surface area (Å²) in [5, 5.41) is 2.40. The first kappa shape index (κ1) is 15.7. The number of hydrogen-bond donors (Lipinski definition) is 2. The quantitative estimate of drug-likeness (QED) is 0.852. The molecule has 0 aliphatic carbocycles. The van der Waals surface area contributed by atoms with Crippen molar-refractivity contribution < 1.29 is 22.7 Å². The SMILES string of the molecule is COc1cc(N)ccc1NC(=O)c1ccccc1C(F)(F)F. The molecule has 7 heteroatoms. The molecule has 0 spiro atoms. The molecule has 3 N–H and O–H groups in total. The van der Waals surface area contributed by atoms with Gasteiger partial charge in [-0.1, -0.05) is 12.1 Å². The highest BCUT2D eigenvalue weighted by Gasteiger charge is 2.34. The van der Waals surface area contributed by atoms with E-state index < -0.39 is 23.2 Å². The van der Waals surface area contributed by atoms with Crippen molar-refractivity contribution >= 4 is 17.3 Å². The first-order chi connectivity index (χ1) is 10.3. The molecular weight excluding hydrogens is 297 g/mol. The Morgan fingerprint density at radius 2 is 1.86 bits per heavy atom. The van der Waals surface area contributed by atoms with Gasteiger partial charge in [0.05, 0.1) is 23.9 Å². The van der Waals surface area contributed by atoms with Crippen molar-refractivity contribution in [1.82, 2.24) is 0 Å². The maximum atomic E-state index is 12.9. The fourth-order valence-corrected chi connectivity index (χ4v) is 1.93. The zero-order chi connectivity index (χ0) is 16.3. The third kappa shape index (κ3) is 3.30. The number of methoxy groups -OCH3 is 1.